The van der Waals surface area contributed by atoms with Gasteiger partial charge in [0, 0.05) is 0 Å². The third kappa shape index (κ3) is 1.36. The van der Waals surface area contributed by atoms with Crippen LogP contribution in [0.1, 0.15) is 31.1 Å². The predicted octanol–water partition coefficient (Wildman–Crippen LogP) is 3.59. The Hall–Kier alpha value is -0.280. The molecule has 4 rings (SSSR count). The van der Waals surface area contributed by atoms with Crippen LogP contribution in [0.3, 0.4) is 0 Å². The number of furan rings is 1. The lowest BCUT2D eigenvalue weighted by molar-refractivity contribution is 0.336. The van der Waals surface area contributed by atoms with E-state index in [9.17, 15) is 0 Å². The largest absolute Gasteiger partial charge is 0.466 e. The molecule has 0 radical (unpaired) electrons. The van der Waals surface area contributed by atoms with Crippen LogP contribution >= 0.6 is 15.9 Å². The lowest BCUT2D eigenvalue weighted by Gasteiger charge is -2.18. The molecule has 92 valence electrons. The summed E-state index contributed by atoms with van der Waals surface area (Å²) in [4.78, 5) is 0. The van der Waals surface area contributed by atoms with Crippen LogP contribution in [0, 0.1) is 29.6 Å². The smallest absolute Gasteiger partial charge is 0.135 e. The van der Waals surface area contributed by atoms with Gasteiger partial charge in [-0.15, -0.1) is 0 Å². The maximum absolute atomic E-state index is 5.67. The molecule has 0 saturated heterocycles. The fourth-order valence-corrected chi connectivity index (χ4v) is 5.31. The molecule has 3 aliphatic rings. The van der Waals surface area contributed by atoms with E-state index in [0.29, 0.717) is 6.04 Å². The molecule has 0 aromatic carbocycles. The lowest BCUT2D eigenvalue weighted by Crippen LogP contribution is -2.21. The monoisotopic (exact) mass is 295 g/mol. The first kappa shape index (κ1) is 10.6. The molecule has 0 spiro atoms. The molecule has 1 N–H and O–H groups in total. The van der Waals surface area contributed by atoms with E-state index in [1.807, 2.05) is 6.07 Å². The fourth-order valence-electron chi connectivity index (χ4n) is 4.86. The van der Waals surface area contributed by atoms with Gasteiger partial charge < -0.3 is 9.73 Å². The predicted molar refractivity (Wildman–Crippen MR) is 69.5 cm³/mol. The summed E-state index contributed by atoms with van der Waals surface area (Å²) < 4.78 is 6.78. The van der Waals surface area contributed by atoms with Gasteiger partial charge in [-0.05, 0) is 77.9 Å². The van der Waals surface area contributed by atoms with Crippen molar-refractivity contribution in [3.8, 4) is 0 Å². The average Bonchev–Trinajstić information content (AvgIpc) is 2.72. The SMILES string of the molecule is CNC(c1occc1Br)C1C2C3CCC(C3)C21. The minimum absolute atomic E-state index is 0.415. The van der Waals surface area contributed by atoms with E-state index in [1.165, 1.54) is 19.3 Å². The molecule has 3 aliphatic carbocycles. The van der Waals surface area contributed by atoms with Gasteiger partial charge in [0.2, 0.25) is 0 Å². The maximum atomic E-state index is 5.67. The third-order valence-corrected chi connectivity index (χ3v) is 6.07. The van der Waals surface area contributed by atoms with Crippen molar-refractivity contribution >= 4 is 15.9 Å². The lowest BCUT2D eigenvalue weighted by atomic mass is 9.96. The highest BCUT2D eigenvalue weighted by Gasteiger charge is 2.67. The molecule has 2 nitrogen and oxygen atoms in total. The van der Waals surface area contributed by atoms with Crippen LogP contribution in [0.4, 0.5) is 0 Å². The van der Waals surface area contributed by atoms with Gasteiger partial charge in [-0.2, -0.15) is 0 Å². The molecule has 17 heavy (non-hydrogen) atoms. The molecule has 5 unspecified atom stereocenters. The summed E-state index contributed by atoms with van der Waals surface area (Å²) in [7, 11) is 2.07. The van der Waals surface area contributed by atoms with Gasteiger partial charge in [-0.1, -0.05) is 0 Å². The number of hydrogen-bond acceptors (Lipinski definition) is 2. The molecule has 0 amide bonds. The van der Waals surface area contributed by atoms with Crippen LogP contribution in [-0.2, 0) is 0 Å². The quantitative estimate of drug-likeness (QED) is 0.922. The summed E-state index contributed by atoms with van der Waals surface area (Å²) in [6.07, 6.45) is 6.27. The van der Waals surface area contributed by atoms with E-state index in [2.05, 4.69) is 28.3 Å². The van der Waals surface area contributed by atoms with Crippen LogP contribution in [0.5, 0.6) is 0 Å². The van der Waals surface area contributed by atoms with E-state index >= 15 is 0 Å². The molecule has 2 bridgehead atoms. The molecule has 0 aliphatic heterocycles. The Morgan fingerprint density at radius 3 is 2.59 bits per heavy atom. The van der Waals surface area contributed by atoms with Crippen LogP contribution < -0.4 is 5.32 Å². The van der Waals surface area contributed by atoms with Crippen LogP contribution in [0.25, 0.3) is 0 Å². The standard InChI is InChI=1S/C14H18BrNO/c1-16-13(14-9(15)4-5-17-14)12-10-7-2-3-8(6-7)11(10)12/h4-5,7-8,10-13,16H,2-3,6H2,1H3. The summed E-state index contributed by atoms with van der Waals surface area (Å²) in [5.41, 5.74) is 0. The molecule has 1 heterocycles. The van der Waals surface area contributed by atoms with E-state index in [4.69, 9.17) is 4.42 Å². The van der Waals surface area contributed by atoms with Crippen LogP contribution in [-0.4, -0.2) is 7.05 Å². The van der Waals surface area contributed by atoms with Gasteiger partial charge in [-0.3, -0.25) is 0 Å². The van der Waals surface area contributed by atoms with Gasteiger partial charge in [0.15, 0.2) is 0 Å². The van der Waals surface area contributed by atoms with Crippen molar-refractivity contribution in [3.63, 3.8) is 0 Å². The van der Waals surface area contributed by atoms with Crippen LogP contribution in [0.15, 0.2) is 21.2 Å². The van der Waals surface area contributed by atoms with Gasteiger partial charge in [0.25, 0.3) is 0 Å². The molecule has 3 heteroatoms. The number of rotatable bonds is 3. The van der Waals surface area contributed by atoms with Crippen molar-refractivity contribution < 1.29 is 4.42 Å². The van der Waals surface area contributed by atoms with E-state index in [1.54, 1.807) is 6.26 Å². The zero-order valence-electron chi connectivity index (χ0n) is 10.0. The first-order valence-electron chi connectivity index (χ1n) is 6.71. The third-order valence-electron chi connectivity index (χ3n) is 5.42. The fraction of sp³-hybridized carbons (Fsp3) is 0.714. The van der Waals surface area contributed by atoms with Crippen molar-refractivity contribution in [2.75, 3.05) is 7.05 Å². The van der Waals surface area contributed by atoms with Crippen molar-refractivity contribution in [1.29, 1.82) is 0 Å². The van der Waals surface area contributed by atoms with Crippen molar-refractivity contribution in [3.05, 3.63) is 22.6 Å². The van der Waals surface area contributed by atoms with E-state index in [0.717, 1.165) is 39.8 Å². The molecule has 1 aromatic rings. The first-order valence-corrected chi connectivity index (χ1v) is 7.50. The molecular weight excluding hydrogens is 278 g/mol. The topological polar surface area (TPSA) is 25.2 Å². The second-order valence-electron chi connectivity index (χ2n) is 5.96. The average molecular weight is 296 g/mol. The van der Waals surface area contributed by atoms with Gasteiger partial charge in [-0.25, -0.2) is 0 Å². The Balaban J connectivity index is 1.61. The maximum Gasteiger partial charge on any atom is 0.135 e. The van der Waals surface area contributed by atoms with Crippen molar-refractivity contribution in [1.82, 2.24) is 5.32 Å². The normalized spacial score (nSPS) is 43.8. The highest BCUT2D eigenvalue weighted by molar-refractivity contribution is 9.10. The second kappa shape index (κ2) is 3.61. The minimum atomic E-state index is 0.415. The molecule has 3 fully saturated rings. The van der Waals surface area contributed by atoms with Crippen molar-refractivity contribution in [2.24, 2.45) is 29.6 Å². The Morgan fingerprint density at radius 1 is 1.35 bits per heavy atom. The number of nitrogens with one attached hydrogen (secondary N) is 1. The first-order chi connectivity index (χ1) is 8.31. The van der Waals surface area contributed by atoms with E-state index in [-0.39, 0.29) is 0 Å². The summed E-state index contributed by atoms with van der Waals surface area (Å²) in [5, 5.41) is 3.48. The summed E-state index contributed by atoms with van der Waals surface area (Å²) >= 11 is 3.60. The number of halogens is 1. The van der Waals surface area contributed by atoms with E-state index < -0.39 is 0 Å². The zero-order valence-corrected chi connectivity index (χ0v) is 11.6. The zero-order chi connectivity index (χ0) is 11.6. The summed E-state index contributed by atoms with van der Waals surface area (Å²) in [5.74, 6) is 5.96. The Bertz CT molecular complexity index is 427. The van der Waals surface area contributed by atoms with Crippen molar-refractivity contribution in [2.45, 2.75) is 25.3 Å². The molecule has 1 aromatic heterocycles. The van der Waals surface area contributed by atoms with Crippen LogP contribution in [0.2, 0.25) is 0 Å². The van der Waals surface area contributed by atoms with Gasteiger partial charge >= 0.3 is 0 Å². The molecule has 3 saturated carbocycles. The minimum Gasteiger partial charge on any atom is -0.466 e. The summed E-state index contributed by atoms with van der Waals surface area (Å²) in [6.45, 7) is 0. The number of fused-ring (bicyclic) bond motifs is 5. The number of hydrogen-bond donors (Lipinski definition) is 1. The molecule has 5 atom stereocenters. The highest BCUT2D eigenvalue weighted by Crippen LogP contribution is 2.72. The Kier molecular flexibility index (Phi) is 2.26. The highest BCUT2D eigenvalue weighted by atomic mass is 79.9. The molecular formula is C14H18BrNO. The van der Waals surface area contributed by atoms with Gasteiger partial charge in [0.05, 0.1) is 16.8 Å². The second-order valence-corrected chi connectivity index (χ2v) is 6.82. The van der Waals surface area contributed by atoms with Gasteiger partial charge in [0.1, 0.15) is 5.76 Å². The Morgan fingerprint density at radius 2 is 2.06 bits per heavy atom. The Labute approximate surface area is 110 Å². The summed E-state index contributed by atoms with van der Waals surface area (Å²) in [6, 6.07) is 2.42.